The second-order valence-electron chi connectivity index (χ2n) is 2.49. The number of nitrogens with zero attached hydrogens (tertiary/aromatic N) is 2. The number of rotatable bonds is 1. The molecule has 0 aromatic carbocycles. The quantitative estimate of drug-likeness (QED) is 0.589. The Balaban J connectivity index is 2.00. The van der Waals surface area contributed by atoms with Gasteiger partial charge in [0.1, 0.15) is 12.8 Å². The fourth-order valence-corrected chi connectivity index (χ4v) is 1.92. The molecule has 1 unspecified atom stereocenters. The van der Waals surface area contributed by atoms with Gasteiger partial charge in [-0.2, -0.15) is 0 Å². The Morgan fingerprint density at radius 1 is 1.58 bits per heavy atom. The van der Waals surface area contributed by atoms with Crippen molar-refractivity contribution in [2.45, 2.75) is 6.17 Å². The highest BCUT2D eigenvalue weighted by Gasteiger charge is 2.36. The zero-order chi connectivity index (χ0) is 8.55. The highest BCUT2D eigenvalue weighted by atomic mass is 32.2. The van der Waals surface area contributed by atoms with Crippen LogP contribution in [0, 0.1) is 0 Å². The van der Waals surface area contributed by atoms with Crippen LogP contribution in [0.15, 0.2) is 0 Å². The molecule has 12 heavy (non-hydrogen) atoms. The summed E-state index contributed by atoms with van der Waals surface area (Å²) in [5, 5.41) is 3.58. The number of thioether (sulfide) groups is 1. The molecule has 0 N–H and O–H groups in total. The van der Waals surface area contributed by atoms with E-state index >= 15 is 0 Å². The number of hydrogen-bond acceptors (Lipinski definition) is 4. The molecule has 2 fully saturated rings. The molecule has 0 aliphatic carbocycles. The lowest BCUT2D eigenvalue weighted by Crippen LogP contribution is -2.41. The highest BCUT2D eigenvalue weighted by molar-refractivity contribution is 8.13. The van der Waals surface area contributed by atoms with E-state index in [9.17, 15) is 9.59 Å². The normalized spacial score (nSPS) is 29.0. The smallest absolute Gasteiger partial charge is 0.411 e. The van der Waals surface area contributed by atoms with Gasteiger partial charge in [0, 0.05) is 5.75 Å². The Bertz CT molecular complexity index is 233. The van der Waals surface area contributed by atoms with Crippen LogP contribution in [0.25, 0.3) is 0 Å². The van der Waals surface area contributed by atoms with Gasteiger partial charge in [-0.05, 0) is 0 Å². The van der Waals surface area contributed by atoms with Crippen LogP contribution < -0.4 is 5.32 Å². The van der Waals surface area contributed by atoms with Crippen LogP contribution in [-0.4, -0.2) is 41.3 Å². The minimum atomic E-state index is -0.362. The summed E-state index contributed by atoms with van der Waals surface area (Å²) >= 11 is 1.14. The molecule has 6 heteroatoms. The van der Waals surface area contributed by atoms with Gasteiger partial charge in [0.2, 0.25) is 0 Å². The number of amides is 2. The third-order valence-corrected chi connectivity index (χ3v) is 2.58. The summed E-state index contributed by atoms with van der Waals surface area (Å²) in [7, 11) is 0. The molecule has 0 spiro atoms. The number of hydrogen-bond donors (Lipinski definition) is 0. The van der Waals surface area contributed by atoms with Crippen molar-refractivity contribution in [3.8, 4) is 0 Å². The highest BCUT2D eigenvalue weighted by Crippen LogP contribution is 2.20. The maximum atomic E-state index is 11.0. The molecule has 2 aliphatic heterocycles. The fraction of sp³-hybridized carbons (Fsp3) is 0.667. The first-order chi connectivity index (χ1) is 5.77. The maximum absolute atomic E-state index is 11.0. The zero-order valence-corrected chi connectivity index (χ0v) is 7.04. The van der Waals surface area contributed by atoms with Crippen molar-refractivity contribution in [1.82, 2.24) is 10.2 Å². The minimum Gasteiger partial charge on any atom is -0.447 e. The fourth-order valence-electron chi connectivity index (χ4n) is 1.18. The number of ether oxygens (including phenoxy) is 1. The standard InChI is InChI=1S/C6H7N2O3S/c9-5-7-4(3-12-5)8-1-2-11-6(8)10/h4H,1-3H2. The Hall–Kier alpha value is -0.910. The summed E-state index contributed by atoms with van der Waals surface area (Å²) < 4.78 is 4.72. The SMILES string of the molecule is O=C1[N]C(N2CCOC2=O)CS1. The molecule has 1 atom stereocenters. The third-order valence-electron chi connectivity index (χ3n) is 1.76. The van der Waals surface area contributed by atoms with E-state index in [1.807, 2.05) is 0 Å². The molecular formula is C6H7N2O3S. The first-order valence-electron chi connectivity index (χ1n) is 3.58. The lowest BCUT2D eigenvalue weighted by atomic mass is 10.5. The Labute approximate surface area is 73.4 Å². The van der Waals surface area contributed by atoms with Gasteiger partial charge in [-0.1, -0.05) is 11.8 Å². The summed E-state index contributed by atoms with van der Waals surface area (Å²) in [6, 6.07) is 0. The van der Waals surface area contributed by atoms with E-state index in [1.165, 1.54) is 4.90 Å². The predicted molar refractivity (Wildman–Crippen MR) is 41.8 cm³/mol. The average molecular weight is 187 g/mol. The van der Waals surface area contributed by atoms with Crippen molar-refractivity contribution in [3.63, 3.8) is 0 Å². The van der Waals surface area contributed by atoms with Crippen molar-refractivity contribution >= 4 is 23.1 Å². The van der Waals surface area contributed by atoms with Gasteiger partial charge in [-0.25, -0.2) is 10.1 Å². The third kappa shape index (κ3) is 1.22. The van der Waals surface area contributed by atoms with Crippen molar-refractivity contribution in [1.29, 1.82) is 0 Å². The van der Waals surface area contributed by atoms with Crippen LogP contribution in [0.2, 0.25) is 0 Å². The summed E-state index contributed by atoms with van der Waals surface area (Å²) in [6.07, 6.45) is -0.656. The van der Waals surface area contributed by atoms with Crippen LogP contribution in [-0.2, 0) is 4.74 Å². The second-order valence-corrected chi connectivity index (χ2v) is 3.47. The summed E-state index contributed by atoms with van der Waals surface area (Å²) in [6.45, 7) is 0.949. The lowest BCUT2D eigenvalue weighted by molar-refractivity contribution is 0.147. The molecular weight excluding hydrogens is 180 g/mol. The topological polar surface area (TPSA) is 60.7 Å². The molecule has 2 amide bonds. The molecule has 5 nitrogen and oxygen atoms in total. The van der Waals surface area contributed by atoms with Gasteiger partial charge >= 0.3 is 11.3 Å². The van der Waals surface area contributed by atoms with Crippen LogP contribution in [0.5, 0.6) is 0 Å². The van der Waals surface area contributed by atoms with E-state index in [0.29, 0.717) is 18.9 Å². The maximum Gasteiger partial charge on any atom is 0.411 e. The molecule has 2 heterocycles. The molecule has 65 valence electrons. The van der Waals surface area contributed by atoms with Crippen molar-refractivity contribution in [2.24, 2.45) is 0 Å². The second kappa shape index (κ2) is 2.85. The predicted octanol–water partition coefficient (Wildman–Crippen LogP) is 0.236. The summed E-state index contributed by atoms with van der Waals surface area (Å²) in [4.78, 5) is 23.2. The van der Waals surface area contributed by atoms with Crippen LogP contribution in [0.4, 0.5) is 9.59 Å². The largest absolute Gasteiger partial charge is 0.447 e. The number of cyclic esters (lactones) is 1. The summed E-state index contributed by atoms with van der Waals surface area (Å²) in [5.74, 6) is 0.563. The number of carbonyl (C=O) groups is 2. The van der Waals surface area contributed by atoms with Gasteiger partial charge in [-0.3, -0.25) is 9.69 Å². The molecule has 1 radical (unpaired) electrons. The molecule has 2 aliphatic rings. The van der Waals surface area contributed by atoms with Gasteiger partial charge < -0.3 is 4.74 Å². The van der Waals surface area contributed by atoms with E-state index in [-0.39, 0.29) is 17.5 Å². The van der Waals surface area contributed by atoms with Crippen LogP contribution in [0.1, 0.15) is 0 Å². The van der Waals surface area contributed by atoms with Crippen molar-refractivity contribution in [3.05, 3.63) is 0 Å². The van der Waals surface area contributed by atoms with E-state index in [2.05, 4.69) is 5.32 Å². The molecule has 2 rings (SSSR count). The molecule has 0 saturated carbocycles. The first-order valence-corrected chi connectivity index (χ1v) is 4.57. The summed E-state index contributed by atoms with van der Waals surface area (Å²) in [5.41, 5.74) is 0. The Morgan fingerprint density at radius 2 is 2.42 bits per heavy atom. The van der Waals surface area contributed by atoms with E-state index in [0.717, 1.165) is 11.8 Å². The minimum absolute atomic E-state index is 0.195. The van der Waals surface area contributed by atoms with Crippen LogP contribution >= 0.6 is 11.8 Å². The molecule has 0 aromatic rings. The zero-order valence-electron chi connectivity index (χ0n) is 6.23. The molecule has 2 saturated heterocycles. The van der Waals surface area contributed by atoms with E-state index in [1.54, 1.807) is 0 Å². The average Bonchev–Trinajstić information content (AvgIpc) is 2.58. The van der Waals surface area contributed by atoms with Gasteiger partial charge in [-0.15, -0.1) is 0 Å². The van der Waals surface area contributed by atoms with Gasteiger partial charge in [0.15, 0.2) is 0 Å². The van der Waals surface area contributed by atoms with Gasteiger partial charge in [0.25, 0.3) is 0 Å². The van der Waals surface area contributed by atoms with Crippen LogP contribution in [0.3, 0.4) is 0 Å². The molecule has 0 bridgehead atoms. The van der Waals surface area contributed by atoms with Crippen molar-refractivity contribution in [2.75, 3.05) is 18.9 Å². The van der Waals surface area contributed by atoms with E-state index < -0.39 is 0 Å². The monoisotopic (exact) mass is 187 g/mol. The molecule has 0 aromatic heterocycles. The lowest BCUT2D eigenvalue weighted by Gasteiger charge is -2.17. The first kappa shape index (κ1) is 7.72. The van der Waals surface area contributed by atoms with E-state index in [4.69, 9.17) is 4.74 Å². The van der Waals surface area contributed by atoms with Crippen molar-refractivity contribution < 1.29 is 14.3 Å². The number of carbonyl (C=O) groups excluding carboxylic acids is 2. The Morgan fingerprint density at radius 3 is 2.92 bits per heavy atom. The Kier molecular flexibility index (Phi) is 1.84. The van der Waals surface area contributed by atoms with Gasteiger partial charge in [0.05, 0.1) is 6.54 Å².